The zero-order valence-corrected chi connectivity index (χ0v) is 59.6. The second-order valence-corrected chi connectivity index (χ2v) is 30.5. The average Bonchev–Trinajstić information content (AvgIpc) is 0.689. The van der Waals surface area contributed by atoms with Crippen molar-refractivity contribution < 1.29 is 0 Å². The average molecular weight is 1360 g/mol. The molecule has 0 unspecified atom stereocenters. The molecule has 0 saturated heterocycles. The predicted octanol–water partition coefficient (Wildman–Crippen LogP) is 26.8. The molecule has 0 N–H and O–H groups in total. The van der Waals surface area contributed by atoms with Crippen LogP contribution in [0.3, 0.4) is 0 Å². The molecule has 0 saturated carbocycles. The van der Waals surface area contributed by atoms with E-state index < -0.39 is 0 Å². The molecule has 2 aliphatic heterocycles. The summed E-state index contributed by atoms with van der Waals surface area (Å²) in [4.78, 5) is 5.39. The van der Waals surface area contributed by atoms with E-state index in [4.69, 9.17) is 0 Å². The monoisotopic (exact) mass is 1360 g/mol. The van der Waals surface area contributed by atoms with Gasteiger partial charge in [0.2, 0.25) is 0 Å². The summed E-state index contributed by atoms with van der Waals surface area (Å²) in [6.07, 6.45) is 0. The molecular weight excluding hydrogens is 1290 g/mol. The molecule has 20 aromatic rings. The molecule has 0 fully saturated rings. The highest BCUT2D eigenvalue weighted by Crippen LogP contribution is 2.55. The number of nitrogens with zero attached hydrogens (tertiary/aromatic N) is 2. The first-order valence-corrected chi connectivity index (χ1v) is 37.6. The Hall–Kier alpha value is -13.3. The van der Waals surface area contributed by atoms with Crippen molar-refractivity contribution in [2.24, 2.45) is 0 Å². The summed E-state index contributed by atoms with van der Waals surface area (Å²) >= 11 is 0. The third kappa shape index (κ3) is 9.40. The fourth-order valence-corrected chi connectivity index (χ4v) is 18.8. The van der Waals surface area contributed by atoms with Crippen molar-refractivity contribution >= 4 is 143 Å². The van der Waals surface area contributed by atoms with Crippen LogP contribution >= 0.6 is 0 Å². The van der Waals surface area contributed by atoms with Gasteiger partial charge in [-0.2, -0.15) is 0 Å². The zero-order chi connectivity index (χ0) is 70.8. The lowest BCUT2D eigenvalue weighted by Crippen LogP contribution is -2.61. The second kappa shape index (κ2) is 23.6. The molecular formula is C104H69BN2. The Labute approximate surface area is 622 Å². The molecule has 2 heterocycles. The van der Waals surface area contributed by atoms with Crippen molar-refractivity contribution in [2.45, 2.75) is 26.2 Å². The highest BCUT2D eigenvalue weighted by Gasteiger charge is 2.46. The highest BCUT2D eigenvalue weighted by atomic mass is 15.2. The number of anilines is 6. The Morgan fingerprint density at radius 1 is 0.215 bits per heavy atom. The Kier molecular flexibility index (Phi) is 13.5. The Morgan fingerprint density at radius 2 is 0.523 bits per heavy atom. The van der Waals surface area contributed by atoms with Gasteiger partial charge in [0.15, 0.2) is 0 Å². The van der Waals surface area contributed by atoms with Crippen LogP contribution in [0.4, 0.5) is 34.1 Å². The maximum absolute atomic E-state index is 2.69. The largest absolute Gasteiger partial charge is 0.310 e. The van der Waals surface area contributed by atoms with Gasteiger partial charge in [-0.3, -0.25) is 0 Å². The van der Waals surface area contributed by atoms with E-state index >= 15 is 0 Å². The van der Waals surface area contributed by atoms with E-state index in [0.717, 1.165) is 89.8 Å². The number of para-hydroxylation sites is 2. The standard InChI is InChI=1S/C104H69BN2/c1-104(2,3)78-52-48-64(49-53-78)77-62-95-101-96(63-77)107(103-81(67-28-12-6-13-29-67)40-23-41-82(103)68-30-14-7-15-31-68)94-55-51-72(76-57-74-37-21-45-86-84-43-17-33-70-35-19-47-88(98(70)84)90(59-76)100(74)86)61-92(94)105(101)91-60-71(75-56-73-36-20-44-85-83-42-16-32-69-34-18-46-87(97(69)83)89(58-75)99(73)85)50-54-93(91)106(95)102-79(65-24-8-4-9-25-65)38-22-39-80(102)66-26-10-5-11-27-66/h4-63H,1-3H3. The van der Waals surface area contributed by atoms with E-state index in [-0.39, 0.29) is 12.1 Å². The van der Waals surface area contributed by atoms with E-state index in [2.05, 4.69) is 395 Å². The normalized spacial score (nSPS) is 12.8. The van der Waals surface area contributed by atoms with Crippen molar-refractivity contribution in [3.05, 3.63) is 370 Å². The second-order valence-electron chi connectivity index (χ2n) is 30.5. The molecule has 0 radical (unpaired) electrons. The molecule has 22 rings (SSSR count). The van der Waals surface area contributed by atoms with Gasteiger partial charge >= 0.3 is 0 Å². The third-order valence-electron chi connectivity index (χ3n) is 23.6. The Bertz CT molecular complexity index is 6500. The molecule has 0 aromatic heterocycles. The molecule has 2 nitrogen and oxygen atoms in total. The van der Waals surface area contributed by atoms with Gasteiger partial charge in [-0.25, -0.2) is 0 Å². The fourth-order valence-electron chi connectivity index (χ4n) is 18.8. The van der Waals surface area contributed by atoms with E-state index in [1.807, 2.05) is 0 Å². The summed E-state index contributed by atoms with van der Waals surface area (Å²) in [6.45, 7) is 6.65. The van der Waals surface area contributed by atoms with Crippen molar-refractivity contribution in [1.29, 1.82) is 0 Å². The van der Waals surface area contributed by atoms with Crippen LogP contribution in [0.5, 0.6) is 0 Å². The first-order valence-electron chi connectivity index (χ1n) is 37.6. The molecule has 0 aliphatic carbocycles. The van der Waals surface area contributed by atoms with Crippen LogP contribution in [0.15, 0.2) is 364 Å². The first-order chi connectivity index (χ1) is 52.7. The van der Waals surface area contributed by atoms with Crippen molar-refractivity contribution in [3.63, 3.8) is 0 Å². The Balaban J connectivity index is 0.898. The molecule has 20 aromatic carbocycles. The van der Waals surface area contributed by atoms with Crippen LogP contribution < -0.4 is 26.2 Å². The Morgan fingerprint density at radius 3 is 0.879 bits per heavy atom. The van der Waals surface area contributed by atoms with Gasteiger partial charge in [-0.1, -0.05) is 336 Å². The first kappa shape index (κ1) is 61.2. The number of hydrogen-bond acceptors (Lipinski definition) is 2. The van der Waals surface area contributed by atoms with Crippen molar-refractivity contribution in [1.82, 2.24) is 0 Å². The van der Waals surface area contributed by atoms with Gasteiger partial charge in [0.05, 0.1) is 11.4 Å². The molecule has 0 amide bonds. The molecule has 3 heteroatoms. The van der Waals surface area contributed by atoms with Crippen molar-refractivity contribution in [2.75, 3.05) is 9.80 Å². The third-order valence-corrected chi connectivity index (χ3v) is 23.6. The highest BCUT2D eigenvalue weighted by molar-refractivity contribution is 7.00. The van der Waals surface area contributed by atoms with Crippen LogP contribution in [0.25, 0.3) is 164 Å². The van der Waals surface area contributed by atoms with Crippen molar-refractivity contribution in [3.8, 4) is 77.9 Å². The number of hydrogen-bond donors (Lipinski definition) is 0. The topological polar surface area (TPSA) is 6.48 Å². The SMILES string of the molecule is CC(C)(C)c1ccc(-c2cc3c4c(c2)N(c2c(-c5ccccc5)cccc2-c2ccccc2)c2ccc(-c5cc6cccc7c8cccc9cccc(c(c5)c67)c98)cc2B4c2cc(-c4cc5cccc6c7cccc8cccc(c(c4)c56)c87)ccc2N3c2c(-c3ccccc3)cccc2-c2ccccc2)cc1. The van der Waals surface area contributed by atoms with Gasteiger partial charge in [0.25, 0.3) is 6.71 Å². The van der Waals surface area contributed by atoms with Gasteiger partial charge < -0.3 is 9.80 Å². The molecule has 107 heavy (non-hydrogen) atoms. The summed E-state index contributed by atoms with van der Waals surface area (Å²) in [5.41, 5.74) is 27.9. The zero-order valence-electron chi connectivity index (χ0n) is 59.6. The predicted molar refractivity (Wildman–Crippen MR) is 460 cm³/mol. The number of benzene rings is 20. The minimum absolute atomic E-state index is 0.0467. The van der Waals surface area contributed by atoms with E-state index in [1.165, 1.54) is 130 Å². The van der Waals surface area contributed by atoms with E-state index in [1.54, 1.807) is 0 Å². The minimum atomic E-state index is -0.292. The molecule has 0 atom stereocenters. The number of rotatable bonds is 9. The molecule has 0 spiro atoms. The summed E-state index contributed by atoms with van der Waals surface area (Å²) in [5, 5.41) is 20.5. The lowest BCUT2D eigenvalue weighted by molar-refractivity contribution is 0.590. The van der Waals surface area contributed by atoms with Crippen LogP contribution in [0.1, 0.15) is 26.3 Å². The van der Waals surface area contributed by atoms with Gasteiger partial charge in [0.1, 0.15) is 0 Å². The lowest BCUT2D eigenvalue weighted by atomic mass is 9.33. The molecule has 498 valence electrons. The lowest BCUT2D eigenvalue weighted by Gasteiger charge is -2.46. The summed E-state index contributed by atoms with van der Waals surface area (Å²) < 4.78 is 0. The summed E-state index contributed by atoms with van der Waals surface area (Å²) in [5.74, 6) is 0. The van der Waals surface area contributed by atoms with Gasteiger partial charge in [-0.15, -0.1) is 0 Å². The van der Waals surface area contributed by atoms with E-state index in [0.29, 0.717) is 0 Å². The number of fused-ring (bicyclic) bond motifs is 8. The van der Waals surface area contributed by atoms with Crippen LogP contribution in [-0.2, 0) is 5.41 Å². The van der Waals surface area contributed by atoms with Crippen LogP contribution in [0.2, 0.25) is 0 Å². The van der Waals surface area contributed by atoms with Crippen LogP contribution in [0, 0.1) is 0 Å². The maximum atomic E-state index is 2.69. The minimum Gasteiger partial charge on any atom is -0.310 e. The molecule has 2 aliphatic rings. The summed E-state index contributed by atoms with van der Waals surface area (Å²) in [7, 11) is 0. The smallest absolute Gasteiger partial charge is 0.252 e. The quantitative estimate of drug-likeness (QED) is 0.0807. The van der Waals surface area contributed by atoms with E-state index in [9.17, 15) is 0 Å². The van der Waals surface area contributed by atoms with Gasteiger partial charge in [0, 0.05) is 45.0 Å². The van der Waals surface area contributed by atoms with Crippen LogP contribution in [-0.4, -0.2) is 6.71 Å². The maximum Gasteiger partial charge on any atom is 0.252 e. The molecule has 0 bridgehead atoms. The fraction of sp³-hybridized carbons (Fsp3) is 0.0385. The summed E-state index contributed by atoms with van der Waals surface area (Å²) in [6, 6.07) is 139. The van der Waals surface area contributed by atoms with Gasteiger partial charge in [-0.05, 0) is 218 Å².